The van der Waals surface area contributed by atoms with Gasteiger partial charge in [0, 0.05) is 5.69 Å². The van der Waals surface area contributed by atoms with E-state index in [1.165, 1.54) is 43.7 Å². The van der Waals surface area contributed by atoms with Crippen LogP contribution in [0.2, 0.25) is 0 Å². The quantitative estimate of drug-likeness (QED) is 0.602. The van der Waals surface area contributed by atoms with Crippen molar-refractivity contribution >= 4 is 29.4 Å². The lowest BCUT2D eigenvalue weighted by Gasteiger charge is -2.18. The number of ether oxygens (including phenoxy) is 2. The van der Waals surface area contributed by atoms with Crippen LogP contribution in [0.3, 0.4) is 0 Å². The Kier molecular flexibility index (Phi) is 8.16. The number of methoxy groups -OCH3 is 1. The van der Waals surface area contributed by atoms with Gasteiger partial charge in [0.2, 0.25) is 0 Å². The van der Waals surface area contributed by atoms with Crippen molar-refractivity contribution in [3.8, 4) is 0 Å². The fourth-order valence-corrected chi connectivity index (χ4v) is 2.57. The third-order valence-corrected chi connectivity index (χ3v) is 3.99. The highest BCUT2D eigenvalue weighted by Crippen LogP contribution is 2.13. The first-order valence-electron chi connectivity index (χ1n) is 9.29. The Bertz CT molecular complexity index is 873. The molecule has 0 bridgehead atoms. The molecule has 0 aliphatic rings. The highest BCUT2D eigenvalue weighted by Gasteiger charge is 2.23. The molecule has 1 heterocycles. The second kappa shape index (κ2) is 10.8. The first kappa shape index (κ1) is 22.7. The van der Waals surface area contributed by atoms with Gasteiger partial charge >= 0.3 is 11.9 Å². The van der Waals surface area contributed by atoms with Gasteiger partial charge in [0.05, 0.1) is 18.9 Å². The van der Waals surface area contributed by atoms with Crippen molar-refractivity contribution in [1.29, 1.82) is 0 Å². The van der Waals surface area contributed by atoms with E-state index in [-0.39, 0.29) is 17.2 Å². The lowest BCUT2D eigenvalue weighted by molar-refractivity contribution is -0.145. The van der Waals surface area contributed by atoms with E-state index in [1.807, 2.05) is 13.8 Å². The summed E-state index contributed by atoms with van der Waals surface area (Å²) in [5, 5.41) is 5.12. The van der Waals surface area contributed by atoms with Crippen LogP contribution in [0.15, 0.2) is 47.1 Å². The normalized spacial score (nSPS) is 11.5. The van der Waals surface area contributed by atoms with Crippen LogP contribution < -0.4 is 10.6 Å². The first-order valence-corrected chi connectivity index (χ1v) is 9.29. The van der Waals surface area contributed by atoms with Gasteiger partial charge in [-0.1, -0.05) is 13.8 Å². The summed E-state index contributed by atoms with van der Waals surface area (Å²) >= 11 is 0. The molecule has 0 aliphatic carbocycles. The lowest BCUT2D eigenvalue weighted by Crippen LogP contribution is -2.44. The molecule has 2 rings (SSSR count). The summed E-state index contributed by atoms with van der Waals surface area (Å²) in [6.07, 6.45) is 1.79. The number of carbonyl (C=O) groups excluding carboxylic acids is 4. The van der Waals surface area contributed by atoms with E-state index in [1.54, 1.807) is 6.07 Å². The molecular weight excluding hydrogens is 392 g/mol. The average Bonchev–Trinajstić information content (AvgIpc) is 3.26. The number of hydrogen-bond donors (Lipinski definition) is 2. The van der Waals surface area contributed by atoms with Gasteiger partial charge < -0.3 is 24.5 Å². The lowest BCUT2D eigenvalue weighted by atomic mass is 10.0. The van der Waals surface area contributed by atoms with Gasteiger partial charge in [0.15, 0.2) is 12.4 Å². The zero-order valence-corrected chi connectivity index (χ0v) is 17.0. The minimum atomic E-state index is -0.807. The molecule has 1 atom stereocenters. The summed E-state index contributed by atoms with van der Waals surface area (Å²) in [4.78, 5) is 47.8. The highest BCUT2D eigenvalue weighted by atomic mass is 16.5. The van der Waals surface area contributed by atoms with Crippen molar-refractivity contribution in [3.63, 3.8) is 0 Å². The number of hydrogen-bond acceptors (Lipinski definition) is 7. The Hall–Kier alpha value is -3.62. The van der Waals surface area contributed by atoms with Crippen LogP contribution in [-0.2, 0) is 19.1 Å². The zero-order valence-electron chi connectivity index (χ0n) is 17.0. The number of nitrogens with one attached hydrogen (secondary N) is 2. The van der Waals surface area contributed by atoms with E-state index in [0.29, 0.717) is 12.1 Å². The fraction of sp³-hybridized carbons (Fsp3) is 0.333. The molecule has 2 aromatic rings. The van der Waals surface area contributed by atoms with Crippen molar-refractivity contribution in [3.05, 3.63) is 54.0 Å². The van der Waals surface area contributed by atoms with E-state index in [4.69, 9.17) is 9.15 Å². The second-order valence-electron chi connectivity index (χ2n) is 6.86. The summed E-state index contributed by atoms with van der Waals surface area (Å²) in [6, 6.07) is 8.26. The molecule has 0 radical (unpaired) electrons. The number of carbonyl (C=O) groups is 4. The highest BCUT2D eigenvalue weighted by molar-refractivity contribution is 6.02. The third-order valence-electron chi connectivity index (χ3n) is 3.99. The van der Waals surface area contributed by atoms with Gasteiger partial charge in [-0.25, -0.2) is 9.59 Å². The Morgan fingerprint density at radius 3 is 2.33 bits per heavy atom. The number of anilines is 1. The van der Waals surface area contributed by atoms with Gasteiger partial charge in [0.1, 0.15) is 6.04 Å². The zero-order chi connectivity index (χ0) is 22.1. The molecule has 30 heavy (non-hydrogen) atoms. The van der Waals surface area contributed by atoms with Crippen molar-refractivity contribution in [1.82, 2.24) is 5.32 Å². The predicted octanol–water partition coefficient (Wildman–Crippen LogP) is 2.39. The van der Waals surface area contributed by atoms with Crippen molar-refractivity contribution in [2.45, 2.75) is 26.3 Å². The molecule has 0 fully saturated rings. The summed E-state index contributed by atoms with van der Waals surface area (Å²) in [7, 11) is 1.24. The maximum atomic E-state index is 12.1. The summed E-state index contributed by atoms with van der Waals surface area (Å²) < 4.78 is 14.7. The van der Waals surface area contributed by atoms with Crippen molar-refractivity contribution in [2.24, 2.45) is 5.92 Å². The standard InChI is InChI=1S/C21H24N2O7/c1-13(2)11-16(21(27)28-3)23-18(24)12-30-20(26)14-6-8-15(9-7-14)22-19(25)17-5-4-10-29-17/h4-10,13,16H,11-12H2,1-3H3,(H,22,25)(H,23,24)/t16-/m0/s1. The van der Waals surface area contributed by atoms with Gasteiger partial charge in [-0.2, -0.15) is 0 Å². The molecule has 2 amide bonds. The van der Waals surface area contributed by atoms with Crippen LogP contribution in [0.1, 0.15) is 41.2 Å². The number of rotatable bonds is 9. The minimum Gasteiger partial charge on any atom is -0.467 e. The Morgan fingerprint density at radius 1 is 1.07 bits per heavy atom. The molecule has 9 nitrogen and oxygen atoms in total. The molecular formula is C21H24N2O7. The van der Waals surface area contributed by atoms with Crippen LogP contribution in [0, 0.1) is 5.92 Å². The molecule has 0 unspecified atom stereocenters. The van der Waals surface area contributed by atoms with Crippen molar-refractivity contribution in [2.75, 3.05) is 19.0 Å². The molecule has 0 spiro atoms. The topological polar surface area (TPSA) is 124 Å². The fourth-order valence-electron chi connectivity index (χ4n) is 2.57. The Morgan fingerprint density at radius 2 is 1.77 bits per heavy atom. The van der Waals surface area contributed by atoms with Crippen LogP contribution >= 0.6 is 0 Å². The minimum absolute atomic E-state index is 0.156. The number of benzene rings is 1. The summed E-state index contributed by atoms with van der Waals surface area (Å²) in [6.45, 7) is 3.27. The molecule has 0 saturated carbocycles. The number of furan rings is 1. The maximum absolute atomic E-state index is 12.1. The molecule has 1 aromatic heterocycles. The second-order valence-corrected chi connectivity index (χ2v) is 6.86. The van der Waals surface area contributed by atoms with E-state index in [0.717, 1.165) is 0 Å². The van der Waals surface area contributed by atoms with Gasteiger partial charge in [-0.15, -0.1) is 0 Å². The Labute approximate surface area is 173 Å². The van der Waals surface area contributed by atoms with E-state index in [9.17, 15) is 19.2 Å². The largest absolute Gasteiger partial charge is 0.467 e. The SMILES string of the molecule is COC(=O)[C@H](CC(C)C)NC(=O)COC(=O)c1ccc(NC(=O)c2ccco2)cc1. The molecule has 9 heteroatoms. The van der Waals surface area contributed by atoms with E-state index in [2.05, 4.69) is 15.4 Å². The summed E-state index contributed by atoms with van der Waals surface area (Å²) in [5.41, 5.74) is 0.658. The van der Waals surface area contributed by atoms with Crippen LogP contribution in [0.25, 0.3) is 0 Å². The van der Waals surface area contributed by atoms with Gasteiger partial charge in [-0.3, -0.25) is 9.59 Å². The molecule has 160 valence electrons. The molecule has 2 N–H and O–H groups in total. The van der Waals surface area contributed by atoms with Crippen LogP contribution in [0.4, 0.5) is 5.69 Å². The summed E-state index contributed by atoms with van der Waals surface area (Å²) in [5.74, 6) is -1.99. The van der Waals surface area contributed by atoms with Gasteiger partial charge in [-0.05, 0) is 48.7 Å². The number of esters is 2. The first-order chi connectivity index (χ1) is 14.3. The molecule has 0 saturated heterocycles. The third kappa shape index (κ3) is 6.77. The molecule has 0 aliphatic heterocycles. The average molecular weight is 416 g/mol. The van der Waals surface area contributed by atoms with Gasteiger partial charge in [0.25, 0.3) is 11.8 Å². The van der Waals surface area contributed by atoms with Crippen molar-refractivity contribution < 1.29 is 33.1 Å². The van der Waals surface area contributed by atoms with Crippen LogP contribution in [0.5, 0.6) is 0 Å². The smallest absolute Gasteiger partial charge is 0.338 e. The Balaban J connectivity index is 1.85. The van der Waals surface area contributed by atoms with E-state index < -0.39 is 36.4 Å². The predicted molar refractivity (Wildman–Crippen MR) is 107 cm³/mol. The van der Waals surface area contributed by atoms with Crippen LogP contribution in [-0.4, -0.2) is 43.5 Å². The molecule has 1 aromatic carbocycles. The monoisotopic (exact) mass is 416 g/mol. The maximum Gasteiger partial charge on any atom is 0.338 e. The van der Waals surface area contributed by atoms with E-state index >= 15 is 0 Å². The number of amides is 2.